The van der Waals surface area contributed by atoms with Gasteiger partial charge in [-0.1, -0.05) is 6.08 Å². The first-order valence-corrected chi connectivity index (χ1v) is 7.56. The van der Waals surface area contributed by atoms with Crippen LogP contribution in [0.4, 0.5) is 4.39 Å². The van der Waals surface area contributed by atoms with Crippen LogP contribution in [0.25, 0.3) is 0 Å². The highest BCUT2D eigenvalue weighted by Crippen LogP contribution is 2.32. The lowest BCUT2D eigenvalue weighted by Crippen LogP contribution is -2.33. The summed E-state index contributed by atoms with van der Waals surface area (Å²) in [6.07, 6.45) is 3.28. The minimum atomic E-state index is -3.61. The second-order valence-electron chi connectivity index (χ2n) is 4.55. The lowest BCUT2D eigenvalue weighted by molar-refractivity contribution is 0.435. The minimum absolute atomic E-state index is 0.0277. The Morgan fingerprint density at radius 3 is 2.68 bits per heavy atom. The fourth-order valence-electron chi connectivity index (χ4n) is 1.94. The molecule has 1 aliphatic rings. The number of benzene rings is 1. The number of hydrogen-bond acceptors (Lipinski definition) is 3. The van der Waals surface area contributed by atoms with Crippen LogP contribution in [-0.4, -0.2) is 25.3 Å². The number of hydrogen-bond donors (Lipinski definition) is 1. The molecule has 2 N–H and O–H groups in total. The molecule has 0 saturated heterocycles. The third-order valence-corrected chi connectivity index (χ3v) is 5.02. The molecule has 0 aromatic heterocycles. The van der Waals surface area contributed by atoms with Crippen molar-refractivity contribution in [2.75, 3.05) is 6.54 Å². The van der Waals surface area contributed by atoms with Crippen molar-refractivity contribution in [1.82, 2.24) is 4.31 Å². The molecule has 1 aromatic carbocycles. The van der Waals surface area contributed by atoms with Crippen LogP contribution < -0.4 is 5.73 Å². The summed E-state index contributed by atoms with van der Waals surface area (Å²) in [6, 6.07) is 3.77. The van der Waals surface area contributed by atoms with E-state index in [0.717, 1.165) is 18.9 Å². The molecule has 0 atom stereocenters. The van der Waals surface area contributed by atoms with Gasteiger partial charge in [-0.15, -0.1) is 6.58 Å². The van der Waals surface area contributed by atoms with Crippen molar-refractivity contribution < 1.29 is 12.8 Å². The summed E-state index contributed by atoms with van der Waals surface area (Å²) in [6.45, 7) is 3.82. The number of rotatable bonds is 6. The Morgan fingerprint density at radius 2 is 2.16 bits per heavy atom. The predicted octanol–water partition coefficient (Wildman–Crippen LogP) is 1.62. The van der Waals surface area contributed by atoms with Crippen molar-refractivity contribution in [2.45, 2.75) is 30.3 Å². The first-order chi connectivity index (χ1) is 9.00. The van der Waals surface area contributed by atoms with E-state index < -0.39 is 15.8 Å². The van der Waals surface area contributed by atoms with Crippen molar-refractivity contribution in [3.63, 3.8) is 0 Å². The van der Waals surface area contributed by atoms with Gasteiger partial charge < -0.3 is 5.73 Å². The zero-order valence-corrected chi connectivity index (χ0v) is 11.4. The second kappa shape index (κ2) is 5.40. The number of nitrogens with two attached hydrogens (primary N) is 1. The van der Waals surface area contributed by atoms with Gasteiger partial charge in [-0.2, -0.15) is 4.31 Å². The average Bonchev–Trinajstić information content (AvgIpc) is 3.20. The summed E-state index contributed by atoms with van der Waals surface area (Å²) in [5.41, 5.74) is 5.61. The smallest absolute Gasteiger partial charge is 0.243 e. The summed E-state index contributed by atoms with van der Waals surface area (Å²) in [5.74, 6) is -0.483. The predicted molar refractivity (Wildman–Crippen MR) is 71.4 cm³/mol. The fourth-order valence-corrected chi connectivity index (χ4v) is 3.64. The van der Waals surface area contributed by atoms with Gasteiger partial charge in [0, 0.05) is 24.7 Å². The summed E-state index contributed by atoms with van der Waals surface area (Å²) < 4.78 is 39.8. The van der Waals surface area contributed by atoms with Crippen LogP contribution >= 0.6 is 0 Å². The van der Waals surface area contributed by atoms with Crippen LogP contribution in [0.3, 0.4) is 0 Å². The van der Waals surface area contributed by atoms with Crippen molar-refractivity contribution in [3.05, 3.63) is 42.2 Å². The molecular formula is C13H17FN2O2S. The van der Waals surface area contributed by atoms with Gasteiger partial charge in [0.15, 0.2) is 0 Å². The molecule has 104 valence electrons. The Hall–Kier alpha value is -1.24. The molecule has 2 rings (SSSR count). The van der Waals surface area contributed by atoms with Crippen LogP contribution in [0, 0.1) is 5.82 Å². The maximum Gasteiger partial charge on any atom is 0.243 e. The van der Waals surface area contributed by atoms with Gasteiger partial charge in [0.25, 0.3) is 0 Å². The van der Waals surface area contributed by atoms with Gasteiger partial charge >= 0.3 is 0 Å². The normalized spacial score (nSPS) is 15.7. The van der Waals surface area contributed by atoms with E-state index in [1.54, 1.807) is 6.08 Å². The molecule has 0 heterocycles. The minimum Gasteiger partial charge on any atom is -0.326 e. The van der Waals surface area contributed by atoms with Gasteiger partial charge in [-0.25, -0.2) is 12.8 Å². The molecule has 4 nitrogen and oxygen atoms in total. The molecule has 1 fully saturated rings. The Labute approximate surface area is 112 Å². The molecule has 0 bridgehead atoms. The van der Waals surface area contributed by atoms with Gasteiger partial charge in [0.1, 0.15) is 5.82 Å². The monoisotopic (exact) mass is 284 g/mol. The molecule has 0 spiro atoms. The Balaban J connectivity index is 2.39. The van der Waals surface area contributed by atoms with Crippen molar-refractivity contribution in [1.29, 1.82) is 0 Å². The average molecular weight is 284 g/mol. The van der Waals surface area contributed by atoms with E-state index in [-0.39, 0.29) is 29.6 Å². The third kappa shape index (κ3) is 2.86. The summed E-state index contributed by atoms with van der Waals surface area (Å²) >= 11 is 0. The number of halogens is 1. The molecule has 0 aliphatic heterocycles. The van der Waals surface area contributed by atoms with Crippen LogP contribution in [0.5, 0.6) is 0 Å². The molecule has 1 aliphatic carbocycles. The highest BCUT2D eigenvalue weighted by Gasteiger charge is 2.37. The molecule has 0 unspecified atom stereocenters. The summed E-state index contributed by atoms with van der Waals surface area (Å²) in [7, 11) is -3.61. The summed E-state index contributed by atoms with van der Waals surface area (Å²) in [4.78, 5) is 0.0862. The van der Waals surface area contributed by atoms with E-state index in [0.29, 0.717) is 0 Å². The van der Waals surface area contributed by atoms with Crippen LogP contribution in [-0.2, 0) is 16.6 Å². The van der Waals surface area contributed by atoms with E-state index in [4.69, 9.17) is 5.73 Å². The third-order valence-electron chi connectivity index (χ3n) is 3.11. The van der Waals surface area contributed by atoms with Crippen molar-refractivity contribution in [3.8, 4) is 0 Å². The highest BCUT2D eigenvalue weighted by atomic mass is 32.2. The first kappa shape index (κ1) is 14.2. The topological polar surface area (TPSA) is 63.4 Å². The maximum atomic E-state index is 13.4. The molecule has 0 radical (unpaired) electrons. The van der Waals surface area contributed by atoms with E-state index >= 15 is 0 Å². The van der Waals surface area contributed by atoms with Crippen LogP contribution in [0.15, 0.2) is 35.7 Å². The van der Waals surface area contributed by atoms with E-state index in [1.807, 2.05) is 0 Å². The quantitative estimate of drug-likeness (QED) is 0.807. The van der Waals surface area contributed by atoms with E-state index in [2.05, 4.69) is 6.58 Å². The lowest BCUT2D eigenvalue weighted by atomic mass is 10.2. The molecule has 1 saturated carbocycles. The van der Waals surface area contributed by atoms with E-state index in [9.17, 15) is 12.8 Å². The number of nitrogens with zero attached hydrogens (tertiary/aromatic N) is 1. The molecular weight excluding hydrogens is 267 g/mol. The molecule has 19 heavy (non-hydrogen) atoms. The SMILES string of the molecule is C=CCN(C1CC1)S(=O)(=O)c1ccc(F)c(CN)c1. The second-order valence-corrected chi connectivity index (χ2v) is 6.44. The standard InChI is InChI=1S/C13H17FN2O2S/c1-2-7-16(11-3-4-11)19(17,18)12-5-6-13(14)10(8-12)9-15/h2,5-6,8,11H,1,3-4,7,9,15H2. The van der Waals surface area contributed by atoms with Gasteiger partial charge in [0.2, 0.25) is 10.0 Å². The fraction of sp³-hybridized carbons (Fsp3) is 0.385. The Bertz CT molecular complexity index is 582. The van der Waals surface area contributed by atoms with Gasteiger partial charge in [-0.3, -0.25) is 0 Å². The molecule has 0 amide bonds. The van der Waals surface area contributed by atoms with E-state index in [1.165, 1.54) is 16.4 Å². The zero-order chi connectivity index (χ0) is 14.0. The van der Waals surface area contributed by atoms with Gasteiger partial charge in [-0.05, 0) is 31.0 Å². The number of sulfonamides is 1. The highest BCUT2D eigenvalue weighted by molar-refractivity contribution is 7.89. The molecule has 1 aromatic rings. The van der Waals surface area contributed by atoms with Crippen LogP contribution in [0.2, 0.25) is 0 Å². The first-order valence-electron chi connectivity index (χ1n) is 6.12. The van der Waals surface area contributed by atoms with Crippen LogP contribution in [0.1, 0.15) is 18.4 Å². The summed E-state index contributed by atoms with van der Waals surface area (Å²) in [5, 5.41) is 0. The Morgan fingerprint density at radius 1 is 1.47 bits per heavy atom. The largest absolute Gasteiger partial charge is 0.326 e. The van der Waals surface area contributed by atoms with Crippen molar-refractivity contribution >= 4 is 10.0 Å². The Kier molecular flexibility index (Phi) is 4.03. The lowest BCUT2D eigenvalue weighted by Gasteiger charge is -2.20. The maximum absolute atomic E-state index is 13.4. The zero-order valence-electron chi connectivity index (χ0n) is 10.5. The molecule has 6 heteroatoms. The van der Waals surface area contributed by atoms with Crippen molar-refractivity contribution in [2.24, 2.45) is 5.73 Å². The van der Waals surface area contributed by atoms with Gasteiger partial charge in [0.05, 0.1) is 4.90 Å².